The lowest BCUT2D eigenvalue weighted by Gasteiger charge is -2.06. The second-order valence-electron chi connectivity index (χ2n) is 3.05. The van der Waals surface area contributed by atoms with E-state index in [1.807, 2.05) is 0 Å². The fourth-order valence-corrected chi connectivity index (χ4v) is 2.66. The van der Waals surface area contributed by atoms with E-state index in [1.54, 1.807) is 5.51 Å². The van der Waals surface area contributed by atoms with Crippen LogP contribution in [0.3, 0.4) is 0 Å². The molecular formula is C10H5BrF3NS. The number of thiazole rings is 1. The van der Waals surface area contributed by atoms with Gasteiger partial charge in [-0.15, -0.1) is 11.3 Å². The van der Waals surface area contributed by atoms with E-state index < -0.39 is 11.7 Å². The van der Waals surface area contributed by atoms with Crippen LogP contribution in [0.4, 0.5) is 13.2 Å². The van der Waals surface area contributed by atoms with Crippen molar-refractivity contribution in [2.75, 3.05) is 0 Å². The van der Waals surface area contributed by atoms with Crippen LogP contribution in [0.1, 0.15) is 5.56 Å². The minimum Gasteiger partial charge on any atom is -0.237 e. The first-order valence-corrected chi connectivity index (χ1v) is 5.92. The quantitative estimate of drug-likeness (QED) is 0.751. The fourth-order valence-electron chi connectivity index (χ4n) is 1.23. The molecule has 1 nitrogen and oxygen atoms in total. The molecule has 0 fully saturated rings. The summed E-state index contributed by atoms with van der Waals surface area (Å²) in [7, 11) is 0. The van der Waals surface area contributed by atoms with Gasteiger partial charge in [-0.05, 0) is 33.6 Å². The lowest BCUT2D eigenvalue weighted by atomic mass is 10.1. The largest absolute Gasteiger partial charge is 0.416 e. The molecule has 2 rings (SSSR count). The minimum absolute atomic E-state index is 0.642. The molecule has 0 aliphatic heterocycles. The molecule has 84 valence electrons. The van der Waals surface area contributed by atoms with Gasteiger partial charge in [0.05, 0.1) is 16.0 Å². The van der Waals surface area contributed by atoms with E-state index in [1.165, 1.54) is 23.5 Å². The Balaban J connectivity index is 2.37. The molecule has 1 heterocycles. The average Bonchev–Trinajstić information content (AvgIpc) is 2.63. The number of hydrogen-bond acceptors (Lipinski definition) is 2. The number of rotatable bonds is 1. The highest BCUT2D eigenvalue weighted by Gasteiger charge is 2.30. The Morgan fingerprint density at radius 2 is 1.75 bits per heavy atom. The molecule has 0 N–H and O–H groups in total. The molecule has 0 saturated heterocycles. The van der Waals surface area contributed by atoms with Crippen molar-refractivity contribution in [2.24, 2.45) is 0 Å². The average molecular weight is 308 g/mol. The first-order valence-electron chi connectivity index (χ1n) is 4.25. The lowest BCUT2D eigenvalue weighted by Crippen LogP contribution is -2.03. The highest BCUT2D eigenvalue weighted by molar-refractivity contribution is 9.10. The molecule has 0 radical (unpaired) electrons. The van der Waals surface area contributed by atoms with Crippen LogP contribution in [0.25, 0.3) is 10.4 Å². The molecule has 0 aliphatic carbocycles. The van der Waals surface area contributed by atoms with Crippen LogP contribution in [0.15, 0.2) is 34.4 Å². The van der Waals surface area contributed by atoms with Gasteiger partial charge in [0.2, 0.25) is 0 Å². The summed E-state index contributed by atoms with van der Waals surface area (Å²) in [6, 6.07) is 5.03. The third-order valence-corrected chi connectivity index (χ3v) is 3.74. The van der Waals surface area contributed by atoms with Gasteiger partial charge < -0.3 is 0 Å². The van der Waals surface area contributed by atoms with E-state index in [0.29, 0.717) is 4.60 Å². The number of benzene rings is 1. The van der Waals surface area contributed by atoms with Gasteiger partial charge in [0.25, 0.3) is 0 Å². The molecule has 6 heteroatoms. The number of hydrogen-bond donors (Lipinski definition) is 0. The SMILES string of the molecule is FC(F)(F)c1ccc(-c2scnc2Br)cc1. The molecule has 1 aromatic carbocycles. The van der Waals surface area contributed by atoms with E-state index >= 15 is 0 Å². The van der Waals surface area contributed by atoms with Gasteiger partial charge in [-0.25, -0.2) is 4.98 Å². The van der Waals surface area contributed by atoms with E-state index in [0.717, 1.165) is 22.6 Å². The minimum atomic E-state index is -4.29. The first kappa shape index (κ1) is 11.6. The van der Waals surface area contributed by atoms with Crippen LogP contribution in [-0.4, -0.2) is 4.98 Å². The van der Waals surface area contributed by atoms with Crippen molar-refractivity contribution in [3.05, 3.63) is 39.9 Å². The van der Waals surface area contributed by atoms with Gasteiger partial charge in [-0.2, -0.15) is 13.2 Å². The van der Waals surface area contributed by atoms with Crippen molar-refractivity contribution in [1.29, 1.82) is 0 Å². The van der Waals surface area contributed by atoms with Gasteiger partial charge in [-0.1, -0.05) is 12.1 Å². The maximum atomic E-state index is 12.3. The normalized spacial score (nSPS) is 11.8. The topological polar surface area (TPSA) is 12.9 Å². The molecule has 0 spiro atoms. The maximum absolute atomic E-state index is 12.3. The molecule has 1 aromatic heterocycles. The summed E-state index contributed by atoms with van der Waals surface area (Å²) in [6.45, 7) is 0. The zero-order valence-electron chi connectivity index (χ0n) is 7.75. The van der Waals surface area contributed by atoms with Crippen LogP contribution in [0.2, 0.25) is 0 Å². The Kier molecular flexibility index (Phi) is 3.03. The van der Waals surface area contributed by atoms with E-state index in [2.05, 4.69) is 20.9 Å². The van der Waals surface area contributed by atoms with Crippen molar-refractivity contribution in [2.45, 2.75) is 6.18 Å². The molecular weight excluding hydrogens is 303 g/mol. The van der Waals surface area contributed by atoms with Crippen LogP contribution in [0.5, 0.6) is 0 Å². The van der Waals surface area contributed by atoms with Crippen LogP contribution in [-0.2, 0) is 6.18 Å². The highest BCUT2D eigenvalue weighted by Crippen LogP contribution is 2.34. The second kappa shape index (κ2) is 4.18. The molecule has 2 aromatic rings. The molecule has 0 amide bonds. The van der Waals surface area contributed by atoms with Gasteiger partial charge in [0.1, 0.15) is 4.60 Å². The molecule has 0 aliphatic rings. The van der Waals surface area contributed by atoms with Gasteiger partial charge in [-0.3, -0.25) is 0 Å². The van der Waals surface area contributed by atoms with Crippen molar-refractivity contribution in [3.8, 4) is 10.4 Å². The molecule has 16 heavy (non-hydrogen) atoms. The van der Waals surface area contributed by atoms with E-state index in [-0.39, 0.29) is 0 Å². The third kappa shape index (κ3) is 2.27. The molecule has 0 atom stereocenters. The summed E-state index contributed by atoms with van der Waals surface area (Å²) in [5.74, 6) is 0. The van der Waals surface area contributed by atoms with Crippen molar-refractivity contribution < 1.29 is 13.2 Å². The van der Waals surface area contributed by atoms with E-state index in [4.69, 9.17) is 0 Å². The summed E-state index contributed by atoms with van der Waals surface area (Å²) >= 11 is 4.61. The highest BCUT2D eigenvalue weighted by atomic mass is 79.9. The van der Waals surface area contributed by atoms with Crippen LogP contribution in [0, 0.1) is 0 Å². The fraction of sp³-hybridized carbons (Fsp3) is 0.100. The van der Waals surface area contributed by atoms with Crippen LogP contribution < -0.4 is 0 Å². The van der Waals surface area contributed by atoms with Gasteiger partial charge in [0, 0.05) is 0 Å². The predicted octanol–water partition coefficient (Wildman–Crippen LogP) is 4.59. The van der Waals surface area contributed by atoms with Crippen LogP contribution >= 0.6 is 27.3 Å². The summed E-state index contributed by atoms with van der Waals surface area (Å²) in [4.78, 5) is 4.80. The lowest BCUT2D eigenvalue weighted by molar-refractivity contribution is -0.137. The Hall–Kier alpha value is -0.880. The maximum Gasteiger partial charge on any atom is 0.416 e. The van der Waals surface area contributed by atoms with Crippen molar-refractivity contribution in [1.82, 2.24) is 4.98 Å². The first-order chi connectivity index (χ1) is 7.48. The number of nitrogens with zero attached hydrogens (tertiary/aromatic N) is 1. The summed E-state index contributed by atoms with van der Waals surface area (Å²) in [6.07, 6.45) is -4.29. The zero-order chi connectivity index (χ0) is 11.8. The van der Waals surface area contributed by atoms with Gasteiger partial charge >= 0.3 is 6.18 Å². The second-order valence-corrected chi connectivity index (χ2v) is 4.65. The molecule has 0 bridgehead atoms. The van der Waals surface area contributed by atoms with Crippen molar-refractivity contribution in [3.63, 3.8) is 0 Å². The summed E-state index contributed by atoms with van der Waals surface area (Å²) in [5, 5.41) is 0. The summed E-state index contributed by atoms with van der Waals surface area (Å²) in [5.41, 5.74) is 1.72. The Bertz CT molecular complexity index is 490. The number of aromatic nitrogens is 1. The predicted molar refractivity (Wildman–Crippen MR) is 60.3 cm³/mol. The summed E-state index contributed by atoms with van der Waals surface area (Å²) < 4.78 is 37.6. The molecule has 0 unspecified atom stereocenters. The number of halogens is 4. The standard InChI is InChI=1S/C10H5BrF3NS/c11-9-8(16-5-15-9)6-1-3-7(4-2-6)10(12,13)14/h1-5H. The Morgan fingerprint density at radius 3 is 2.19 bits per heavy atom. The number of alkyl halides is 3. The molecule has 0 saturated carbocycles. The van der Waals surface area contributed by atoms with Crippen molar-refractivity contribution >= 4 is 27.3 Å². The smallest absolute Gasteiger partial charge is 0.237 e. The monoisotopic (exact) mass is 307 g/mol. The van der Waals surface area contributed by atoms with E-state index in [9.17, 15) is 13.2 Å². The Labute approximate surface area is 102 Å². The third-order valence-electron chi connectivity index (χ3n) is 2.00. The van der Waals surface area contributed by atoms with Gasteiger partial charge in [0.15, 0.2) is 0 Å². The Morgan fingerprint density at radius 1 is 1.12 bits per heavy atom. The zero-order valence-corrected chi connectivity index (χ0v) is 10.2.